The summed E-state index contributed by atoms with van der Waals surface area (Å²) in [7, 11) is 0. The van der Waals surface area contributed by atoms with Crippen molar-refractivity contribution in [1.29, 1.82) is 5.26 Å². The summed E-state index contributed by atoms with van der Waals surface area (Å²) < 4.78 is 24.7. The molecular weight excluding hydrogens is 443 g/mol. The lowest BCUT2D eigenvalue weighted by Crippen LogP contribution is -2.13. The fourth-order valence-electron chi connectivity index (χ4n) is 3.08. The number of anilines is 1. The van der Waals surface area contributed by atoms with Crippen molar-refractivity contribution in [2.24, 2.45) is 0 Å². The van der Waals surface area contributed by atoms with Crippen LogP contribution in [0.15, 0.2) is 66.2 Å². The van der Waals surface area contributed by atoms with Gasteiger partial charge >= 0.3 is 0 Å². The number of carbonyl (C=O) groups is 1. The van der Waals surface area contributed by atoms with Crippen molar-refractivity contribution in [2.75, 3.05) is 11.9 Å². The molecule has 0 aliphatic heterocycles. The smallest absolute Gasteiger partial charge is 0.266 e. The molecule has 0 aliphatic rings. The molecule has 1 N–H and O–H groups in total. The van der Waals surface area contributed by atoms with Crippen LogP contribution >= 0.6 is 11.6 Å². The number of benzene rings is 3. The number of amides is 1. The fourth-order valence-corrected chi connectivity index (χ4v) is 3.35. The lowest BCUT2D eigenvalue weighted by Gasteiger charge is -2.15. The van der Waals surface area contributed by atoms with Gasteiger partial charge in [0.2, 0.25) is 0 Å². The Morgan fingerprint density at radius 2 is 1.91 bits per heavy atom. The van der Waals surface area contributed by atoms with Gasteiger partial charge < -0.3 is 14.8 Å². The summed E-state index contributed by atoms with van der Waals surface area (Å²) in [5.74, 6) is -0.267. The Bertz CT molecular complexity index is 1220. The van der Waals surface area contributed by atoms with E-state index in [0.29, 0.717) is 36.0 Å². The molecule has 0 radical (unpaired) electrons. The second-order valence-corrected chi connectivity index (χ2v) is 7.58. The van der Waals surface area contributed by atoms with Crippen LogP contribution in [0.3, 0.4) is 0 Å². The van der Waals surface area contributed by atoms with Crippen molar-refractivity contribution < 1.29 is 18.7 Å². The van der Waals surface area contributed by atoms with E-state index in [4.69, 9.17) is 21.1 Å². The maximum Gasteiger partial charge on any atom is 0.266 e. The minimum atomic E-state index is -0.627. The van der Waals surface area contributed by atoms with Crippen molar-refractivity contribution in [2.45, 2.75) is 20.5 Å². The molecule has 1 amide bonds. The number of aryl methyl sites for hydroxylation is 1. The number of halogens is 2. The zero-order chi connectivity index (χ0) is 23.8. The van der Waals surface area contributed by atoms with Crippen LogP contribution in [-0.4, -0.2) is 12.5 Å². The average molecular weight is 465 g/mol. The number of nitriles is 1. The molecule has 3 rings (SSSR count). The van der Waals surface area contributed by atoms with Gasteiger partial charge in [0.05, 0.1) is 11.6 Å². The summed E-state index contributed by atoms with van der Waals surface area (Å²) in [4.78, 5) is 12.5. The Morgan fingerprint density at radius 1 is 1.15 bits per heavy atom. The van der Waals surface area contributed by atoms with E-state index in [1.807, 2.05) is 44.2 Å². The summed E-state index contributed by atoms with van der Waals surface area (Å²) in [5.41, 5.74) is 2.83. The summed E-state index contributed by atoms with van der Waals surface area (Å²) in [5, 5.41) is 12.3. The molecule has 0 bridgehead atoms. The molecule has 0 saturated heterocycles. The highest BCUT2D eigenvalue weighted by molar-refractivity contribution is 6.32. The minimum absolute atomic E-state index is 0.147. The SMILES string of the molecule is CCOc1cc(/C=C(\C#N)C(=O)Nc2ccc(F)cc2)cc(Cl)c1OCc1cccc(C)c1. The quantitative estimate of drug-likeness (QED) is 0.313. The average Bonchev–Trinajstić information content (AvgIpc) is 2.78. The Kier molecular flexibility index (Phi) is 8.06. The highest BCUT2D eigenvalue weighted by Gasteiger charge is 2.15. The maximum atomic E-state index is 13.1. The van der Waals surface area contributed by atoms with Crippen molar-refractivity contribution >= 4 is 29.3 Å². The number of hydrogen-bond acceptors (Lipinski definition) is 4. The lowest BCUT2D eigenvalue weighted by atomic mass is 10.1. The van der Waals surface area contributed by atoms with Crippen LogP contribution in [0.1, 0.15) is 23.6 Å². The van der Waals surface area contributed by atoms with E-state index < -0.39 is 11.7 Å². The number of ether oxygens (including phenoxy) is 2. The van der Waals surface area contributed by atoms with E-state index in [1.165, 1.54) is 30.3 Å². The molecule has 0 unspecified atom stereocenters. The largest absolute Gasteiger partial charge is 0.490 e. The number of rotatable bonds is 8. The third-order valence-corrected chi connectivity index (χ3v) is 4.86. The lowest BCUT2D eigenvalue weighted by molar-refractivity contribution is -0.112. The van der Waals surface area contributed by atoms with E-state index in [9.17, 15) is 14.4 Å². The normalized spacial score (nSPS) is 10.9. The molecule has 0 fully saturated rings. The molecule has 0 heterocycles. The van der Waals surface area contributed by atoms with Crippen molar-refractivity contribution in [3.05, 3.63) is 93.8 Å². The highest BCUT2D eigenvalue weighted by atomic mass is 35.5. The first kappa shape index (κ1) is 23.8. The Balaban J connectivity index is 1.84. The second kappa shape index (κ2) is 11.2. The monoisotopic (exact) mass is 464 g/mol. The Labute approximate surface area is 197 Å². The van der Waals surface area contributed by atoms with E-state index in [-0.39, 0.29) is 10.6 Å². The van der Waals surface area contributed by atoms with Crippen molar-refractivity contribution in [3.63, 3.8) is 0 Å². The van der Waals surface area contributed by atoms with Crippen LogP contribution in [-0.2, 0) is 11.4 Å². The topological polar surface area (TPSA) is 71.3 Å². The molecule has 0 saturated carbocycles. The highest BCUT2D eigenvalue weighted by Crippen LogP contribution is 2.38. The van der Waals surface area contributed by atoms with Gasteiger partial charge in [0.15, 0.2) is 11.5 Å². The van der Waals surface area contributed by atoms with Gasteiger partial charge in [0.25, 0.3) is 5.91 Å². The molecule has 3 aromatic rings. The Hall–Kier alpha value is -3.82. The van der Waals surface area contributed by atoms with Gasteiger partial charge in [0.1, 0.15) is 24.1 Å². The van der Waals surface area contributed by atoms with Gasteiger partial charge in [-0.05, 0) is 67.4 Å². The molecule has 0 spiro atoms. The molecule has 168 valence electrons. The summed E-state index contributed by atoms with van der Waals surface area (Å²) in [6, 6.07) is 18.3. The number of nitrogens with zero attached hydrogens (tertiary/aromatic N) is 1. The van der Waals surface area contributed by atoms with Crippen LogP contribution in [0.25, 0.3) is 6.08 Å². The Morgan fingerprint density at radius 3 is 2.58 bits per heavy atom. The third-order valence-electron chi connectivity index (χ3n) is 4.58. The van der Waals surface area contributed by atoms with Crippen LogP contribution < -0.4 is 14.8 Å². The third kappa shape index (κ3) is 6.58. The predicted molar refractivity (Wildman–Crippen MR) is 127 cm³/mol. The molecule has 7 heteroatoms. The van der Waals surface area contributed by atoms with E-state index in [2.05, 4.69) is 5.32 Å². The number of nitrogens with one attached hydrogen (secondary N) is 1. The van der Waals surface area contributed by atoms with E-state index in [0.717, 1.165) is 11.1 Å². The van der Waals surface area contributed by atoms with Crippen molar-refractivity contribution in [3.8, 4) is 17.6 Å². The minimum Gasteiger partial charge on any atom is -0.490 e. The van der Waals surface area contributed by atoms with E-state index >= 15 is 0 Å². The maximum absolute atomic E-state index is 13.1. The zero-order valence-corrected chi connectivity index (χ0v) is 18.9. The van der Waals surface area contributed by atoms with Crippen molar-refractivity contribution in [1.82, 2.24) is 0 Å². The van der Waals surface area contributed by atoms with Crippen LogP contribution in [0.5, 0.6) is 11.5 Å². The molecule has 5 nitrogen and oxygen atoms in total. The first-order valence-corrected chi connectivity index (χ1v) is 10.6. The van der Waals surface area contributed by atoms with E-state index in [1.54, 1.807) is 12.1 Å². The zero-order valence-electron chi connectivity index (χ0n) is 18.2. The molecule has 3 aromatic carbocycles. The number of hydrogen-bond donors (Lipinski definition) is 1. The molecule has 33 heavy (non-hydrogen) atoms. The van der Waals surface area contributed by atoms with Gasteiger partial charge in [-0.3, -0.25) is 4.79 Å². The van der Waals surface area contributed by atoms with Gasteiger partial charge in [-0.15, -0.1) is 0 Å². The van der Waals surface area contributed by atoms with Gasteiger partial charge in [-0.2, -0.15) is 5.26 Å². The summed E-state index contributed by atoms with van der Waals surface area (Å²) in [6.07, 6.45) is 1.40. The summed E-state index contributed by atoms with van der Waals surface area (Å²) in [6.45, 7) is 4.51. The molecule has 0 atom stereocenters. The molecule has 0 aliphatic carbocycles. The van der Waals surface area contributed by atoms with Crippen LogP contribution in [0.4, 0.5) is 10.1 Å². The second-order valence-electron chi connectivity index (χ2n) is 7.17. The van der Waals surface area contributed by atoms with Gasteiger partial charge in [0, 0.05) is 5.69 Å². The van der Waals surface area contributed by atoms with Gasteiger partial charge in [-0.25, -0.2) is 4.39 Å². The first-order chi connectivity index (χ1) is 15.9. The summed E-state index contributed by atoms with van der Waals surface area (Å²) >= 11 is 6.47. The fraction of sp³-hybridized carbons (Fsp3) is 0.154. The van der Waals surface area contributed by atoms with Crippen LogP contribution in [0.2, 0.25) is 5.02 Å². The van der Waals surface area contributed by atoms with Crippen LogP contribution in [0, 0.1) is 24.1 Å². The molecule has 0 aromatic heterocycles. The standard InChI is InChI=1S/C26H22ClFN2O3/c1-3-32-24-14-19(12-20(15-29)26(31)30-22-9-7-21(28)8-10-22)13-23(27)25(24)33-16-18-6-4-5-17(2)11-18/h4-14H,3,16H2,1-2H3,(H,30,31)/b20-12+. The predicted octanol–water partition coefficient (Wildman–Crippen LogP) is 6.31. The van der Waals surface area contributed by atoms with Gasteiger partial charge in [-0.1, -0.05) is 41.4 Å². The first-order valence-electron chi connectivity index (χ1n) is 10.2. The molecular formula is C26H22ClFN2O3. The number of carbonyl (C=O) groups excluding carboxylic acids is 1.